The minimum Gasteiger partial charge on any atom is -0.317 e. The summed E-state index contributed by atoms with van der Waals surface area (Å²) in [7, 11) is 2.19. The Labute approximate surface area is 128 Å². The summed E-state index contributed by atoms with van der Waals surface area (Å²) >= 11 is 0. The summed E-state index contributed by atoms with van der Waals surface area (Å²) in [6.45, 7) is 8.71. The van der Waals surface area contributed by atoms with Crippen LogP contribution < -0.4 is 5.32 Å². The van der Waals surface area contributed by atoms with E-state index >= 15 is 0 Å². The zero-order valence-corrected chi connectivity index (χ0v) is 13.6. The third kappa shape index (κ3) is 5.35. The van der Waals surface area contributed by atoms with Crippen LogP contribution in [-0.4, -0.2) is 41.5 Å². The second kappa shape index (κ2) is 8.55. The molecule has 1 aliphatic heterocycles. The summed E-state index contributed by atoms with van der Waals surface area (Å²) in [5.41, 5.74) is 1.21. The van der Waals surface area contributed by atoms with E-state index in [1.807, 2.05) is 12.4 Å². The highest BCUT2D eigenvalue weighted by Gasteiger charge is 2.15. The largest absolute Gasteiger partial charge is 0.317 e. The average molecular weight is 299 g/mol. The molecule has 4 nitrogen and oxygen atoms in total. The molecule has 0 aromatic carbocycles. The van der Waals surface area contributed by atoms with Gasteiger partial charge in [-0.05, 0) is 38.9 Å². The normalized spacial score (nSPS) is 16.4. The van der Waals surface area contributed by atoms with Crippen LogP contribution >= 0.6 is 12.4 Å². The summed E-state index contributed by atoms with van der Waals surface area (Å²) in [6.07, 6.45) is 6.54. The first-order chi connectivity index (χ1) is 9.15. The summed E-state index contributed by atoms with van der Waals surface area (Å²) in [5, 5.41) is 3.42. The number of halogens is 1. The van der Waals surface area contributed by atoms with Gasteiger partial charge in [0, 0.05) is 37.0 Å². The Morgan fingerprint density at radius 2 is 1.85 bits per heavy atom. The fourth-order valence-corrected chi connectivity index (χ4v) is 2.63. The number of aromatic nitrogens is 2. The maximum absolute atomic E-state index is 4.43. The fourth-order valence-electron chi connectivity index (χ4n) is 2.63. The molecular weight excluding hydrogens is 272 g/mol. The van der Waals surface area contributed by atoms with Crippen molar-refractivity contribution in [2.75, 3.05) is 26.7 Å². The number of hydrogen-bond acceptors (Lipinski definition) is 4. The summed E-state index contributed by atoms with van der Waals surface area (Å²) in [4.78, 5) is 11.3. The Hall–Kier alpha value is -0.710. The van der Waals surface area contributed by atoms with Gasteiger partial charge in [-0.1, -0.05) is 13.8 Å². The lowest BCUT2D eigenvalue weighted by atomic mass is 9.97. The molecule has 0 atom stereocenters. The van der Waals surface area contributed by atoms with Crippen molar-refractivity contribution in [3.63, 3.8) is 0 Å². The van der Waals surface area contributed by atoms with E-state index in [1.54, 1.807) is 0 Å². The zero-order chi connectivity index (χ0) is 13.7. The minimum atomic E-state index is 0. The van der Waals surface area contributed by atoms with Gasteiger partial charge in [0.05, 0.1) is 0 Å². The van der Waals surface area contributed by atoms with Crippen LogP contribution in [0.15, 0.2) is 12.4 Å². The molecular formula is C15H27ClN4. The van der Waals surface area contributed by atoms with E-state index in [0.29, 0.717) is 5.92 Å². The third-order valence-corrected chi connectivity index (χ3v) is 3.72. The molecule has 0 radical (unpaired) electrons. The maximum Gasteiger partial charge on any atom is 0.130 e. The monoisotopic (exact) mass is 298 g/mol. The van der Waals surface area contributed by atoms with Crippen molar-refractivity contribution in [1.29, 1.82) is 0 Å². The number of nitrogens with zero attached hydrogens (tertiary/aromatic N) is 3. The predicted molar refractivity (Wildman–Crippen MR) is 85.3 cm³/mol. The topological polar surface area (TPSA) is 41.1 Å². The molecule has 1 aromatic rings. The smallest absolute Gasteiger partial charge is 0.130 e. The maximum atomic E-state index is 4.43. The van der Waals surface area contributed by atoms with E-state index in [1.165, 1.54) is 38.0 Å². The lowest BCUT2D eigenvalue weighted by molar-refractivity contribution is 0.234. The van der Waals surface area contributed by atoms with Crippen LogP contribution in [0.25, 0.3) is 0 Å². The average Bonchev–Trinajstić information content (AvgIpc) is 2.40. The molecule has 0 bridgehead atoms. The number of rotatable bonds is 5. The summed E-state index contributed by atoms with van der Waals surface area (Å²) < 4.78 is 0. The van der Waals surface area contributed by atoms with E-state index in [-0.39, 0.29) is 12.4 Å². The Kier molecular flexibility index (Phi) is 7.41. The number of hydrogen-bond donors (Lipinski definition) is 1. The summed E-state index contributed by atoms with van der Waals surface area (Å²) in [6, 6.07) is 0. The van der Waals surface area contributed by atoms with Gasteiger partial charge < -0.3 is 10.2 Å². The molecule has 1 aliphatic rings. The molecule has 0 saturated carbocycles. The third-order valence-electron chi connectivity index (χ3n) is 3.72. The van der Waals surface area contributed by atoms with Crippen LogP contribution in [0, 0.1) is 5.92 Å². The highest BCUT2D eigenvalue weighted by molar-refractivity contribution is 5.85. The van der Waals surface area contributed by atoms with Crippen molar-refractivity contribution in [1.82, 2.24) is 20.2 Å². The van der Waals surface area contributed by atoms with Crippen LogP contribution in [0.4, 0.5) is 0 Å². The molecule has 2 rings (SSSR count). The van der Waals surface area contributed by atoms with E-state index in [4.69, 9.17) is 0 Å². The molecule has 1 fully saturated rings. The second-order valence-electron chi connectivity index (χ2n) is 5.99. The number of nitrogens with one attached hydrogen (secondary N) is 1. The molecule has 0 spiro atoms. The highest BCUT2D eigenvalue weighted by Crippen LogP contribution is 2.14. The van der Waals surface area contributed by atoms with E-state index in [0.717, 1.165) is 18.3 Å². The molecule has 0 amide bonds. The van der Waals surface area contributed by atoms with Crippen LogP contribution in [0.5, 0.6) is 0 Å². The van der Waals surface area contributed by atoms with Gasteiger partial charge in [0.2, 0.25) is 0 Å². The van der Waals surface area contributed by atoms with Crippen LogP contribution in [0.2, 0.25) is 0 Å². The lowest BCUT2D eigenvalue weighted by Gasteiger charge is -2.27. The van der Waals surface area contributed by atoms with Crippen LogP contribution in [0.3, 0.4) is 0 Å². The van der Waals surface area contributed by atoms with E-state index in [9.17, 15) is 0 Å². The number of piperidine rings is 1. The van der Waals surface area contributed by atoms with Crippen molar-refractivity contribution in [2.24, 2.45) is 5.92 Å². The first kappa shape index (κ1) is 17.3. The van der Waals surface area contributed by atoms with Gasteiger partial charge in [0.1, 0.15) is 5.82 Å². The zero-order valence-electron chi connectivity index (χ0n) is 12.8. The summed E-state index contributed by atoms with van der Waals surface area (Å²) in [5.74, 6) is 2.17. The Morgan fingerprint density at radius 3 is 2.40 bits per heavy atom. The van der Waals surface area contributed by atoms with Gasteiger partial charge in [0.15, 0.2) is 0 Å². The first-order valence-electron chi connectivity index (χ1n) is 7.35. The molecule has 5 heteroatoms. The molecule has 114 valence electrons. The Bertz CT molecular complexity index is 374. The van der Waals surface area contributed by atoms with E-state index < -0.39 is 0 Å². The van der Waals surface area contributed by atoms with Gasteiger partial charge in [-0.2, -0.15) is 0 Å². The standard InChI is InChI=1S/C15H26N4.ClH/c1-12(2)15-17-8-14(9-18-15)11-19(3)10-13-4-6-16-7-5-13;/h8-9,12-13,16H,4-7,10-11H2,1-3H3;1H. The molecule has 1 N–H and O–H groups in total. The lowest BCUT2D eigenvalue weighted by Crippen LogP contribution is -2.34. The highest BCUT2D eigenvalue weighted by atomic mass is 35.5. The fraction of sp³-hybridized carbons (Fsp3) is 0.733. The first-order valence-corrected chi connectivity index (χ1v) is 7.35. The van der Waals surface area contributed by atoms with Crippen LogP contribution in [-0.2, 0) is 6.54 Å². The van der Waals surface area contributed by atoms with Crippen molar-refractivity contribution in [3.05, 3.63) is 23.8 Å². The Morgan fingerprint density at radius 1 is 1.25 bits per heavy atom. The molecule has 0 aliphatic carbocycles. The second-order valence-corrected chi connectivity index (χ2v) is 5.99. The van der Waals surface area contributed by atoms with E-state index in [2.05, 4.69) is 41.1 Å². The SMILES string of the molecule is CC(C)c1ncc(CN(C)CC2CCNCC2)cn1.Cl. The quantitative estimate of drug-likeness (QED) is 0.906. The van der Waals surface area contributed by atoms with Crippen molar-refractivity contribution >= 4 is 12.4 Å². The Balaban J connectivity index is 0.00000200. The molecule has 2 heterocycles. The van der Waals surface area contributed by atoms with Gasteiger partial charge in [-0.15, -0.1) is 12.4 Å². The molecule has 0 unspecified atom stereocenters. The van der Waals surface area contributed by atoms with Crippen molar-refractivity contribution in [2.45, 2.75) is 39.2 Å². The van der Waals surface area contributed by atoms with Crippen LogP contribution in [0.1, 0.15) is 44.0 Å². The predicted octanol–water partition coefficient (Wildman–Crippen LogP) is 2.45. The van der Waals surface area contributed by atoms with Gasteiger partial charge in [-0.3, -0.25) is 0 Å². The molecule has 20 heavy (non-hydrogen) atoms. The molecule has 1 aromatic heterocycles. The minimum absolute atomic E-state index is 0. The van der Waals surface area contributed by atoms with Crippen molar-refractivity contribution in [3.8, 4) is 0 Å². The van der Waals surface area contributed by atoms with Crippen molar-refractivity contribution < 1.29 is 0 Å². The van der Waals surface area contributed by atoms with Gasteiger partial charge in [0.25, 0.3) is 0 Å². The van der Waals surface area contributed by atoms with Gasteiger partial charge >= 0.3 is 0 Å². The molecule has 1 saturated heterocycles. The van der Waals surface area contributed by atoms with Gasteiger partial charge in [-0.25, -0.2) is 9.97 Å².